The van der Waals surface area contributed by atoms with Gasteiger partial charge in [0.15, 0.2) is 23.0 Å². The van der Waals surface area contributed by atoms with E-state index in [1.807, 2.05) is 0 Å². The van der Waals surface area contributed by atoms with E-state index in [0.29, 0.717) is 17.5 Å². The van der Waals surface area contributed by atoms with Gasteiger partial charge in [-0.3, -0.25) is 9.78 Å². The van der Waals surface area contributed by atoms with Gasteiger partial charge >= 0.3 is 0 Å². The fourth-order valence-corrected chi connectivity index (χ4v) is 2.40. The minimum atomic E-state index is -0.623. The van der Waals surface area contributed by atoms with Gasteiger partial charge < -0.3 is 10.6 Å². The lowest BCUT2D eigenvalue weighted by molar-refractivity contribution is 0.102. The minimum absolute atomic E-state index is 0.0317. The van der Waals surface area contributed by atoms with Crippen molar-refractivity contribution in [1.82, 2.24) is 19.6 Å². The molecule has 8 nitrogen and oxygen atoms in total. The Labute approximate surface area is 141 Å². The third-order valence-corrected chi connectivity index (χ3v) is 3.81. The Bertz CT molecular complexity index is 980. The maximum absolute atomic E-state index is 13.7. The average Bonchev–Trinajstić information content (AvgIpc) is 3.32. The van der Waals surface area contributed by atoms with Crippen molar-refractivity contribution in [2.75, 3.05) is 10.6 Å². The van der Waals surface area contributed by atoms with Gasteiger partial charge in [0.25, 0.3) is 5.91 Å². The molecule has 0 spiro atoms. The number of aromatic nitrogens is 4. The molecule has 3 heterocycles. The standard InChI is InChI=1S/C16H14FN7O/c1-18-14-6-12(21-9-2-3-9)15-20-8-13(24(15)23-14)16(25)22-11-4-5-19-7-10(11)17/h4-9,21H,1-3H2,(H,19,22,25). The van der Waals surface area contributed by atoms with E-state index in [1.165, 1.54) is 23.0 Å². The largest absolute Gasteiger partial charge is 0.379 e. The fourth-order valence-electron chi connectivity index (χ4n) is 2.40. The second kappa shape index (κ2) is 5.93. The van der Waals surface area contributed by atoms with Crippen LogP contribution in [-0.2, 0) is 0 Å². The Balaban J connectivity index is 1.73. The summed E-state index contributed by atoms with van der Waals surface area (Å²) in [6, 6.07) is 3.50. The van der Waals surface area contributed by atoms with Crippen LogP contribution in [0.15, 0.2) is 35.7 Å². The molecule has 1 aliphatic rings. The first-order valence-corrected chi connectivity index (χ1v) is 7.68. The molecular formula is C16H14FN7O. The molecule has 25 heavy (non-hydrogen) atoms. The molecule has 9 heteroatoms. The molecule has 2 N–H and O–H groups in total. The van der Waals surface area contributed by atoms with Crippen LogP contribution in [0.4, 0.5) is 21.6 Å². The first-order valence-electron chi connectivity index (χ1n) is 7.68. The first-order chi connectivity index (χ1) is 12.2. The molecule has 1 saturated carbocycles. The molecule has 3 aromatic heterocycles. The van der Waals surface area contributed by atoms with E-state index in [2.05, 4.69) is 37.4 Å². The van der Waals surface area contributed by atoms with Gasteiger partial charge in [0.2, 0.25) is 0 Å². The maximum atomic E-state index is 13.7. The van der Waals surface area contributed by atoms with Gasteiger partial charge in [-0.2, -0.15) is 0 Å². The van der Waals surface area contributed by atoms with E-state index in [9.17, 15) is 9.18 Å². The summed E-state index contributed by atoms with van der Waals surface area (Å²) in [5.74, 6) is -0.802. The highest BCUT2D eigenvalue weighted by Gasteiger charge is 2.24. The van der Waals surface area contributed by atoms with Crippen molar-refractivity contribution in [3.05, 3.63) is 42.2 Å². The van der Waals surface area contributed by atoms with Crippen molar-refractivity contribution in [3.8, 4) is 0 Å². The molecule has 1 aliphatic carbocycles. The number of aliphatic imine (C=N–C) groups is 1. The molecule has 0 aliphatic heterocycles. The van der Waals surface area contributed by atoms with Crippen LogP contribution in [0.2, 0.25) is 0 Å². The minimum Gasteiger partial charge on any atom is -0.379 e. The quantitative estimate of drug-likeness (QED) is 0.696. The number of amides is 1. The van der Waals surface area contributed by atoms with Crippen LogP contribution in [0.1, 0.15) is 23.3 Å². The Kier molecular flexibility index (Phi) is 3.60. The lowest BCUT2D eigenvalue weighted by atomic mass is 10.3. The number of hydrogen-bond acceptors (Lipinski definition) is 6. The van der Waals surface area contributed by atoms with E-state index in [4.69, 9.17) is 0 Å². The molecule has 1 fully saturated rings. The summed E-state index contributed by atoms with van der Waals surface area (Å²) < 4.78 is 15.1. The smallest absolute Gasteiger partial charge is 0.276 e. The van der Waals surface area contributed by atoms with Gasteiger partial charge in [0, 0.05) is 18.3 Å². The van der Waals surface area contributed by atoms with Crippen LogP contribution in [0.5, 0.6) is 0 Å². The average molecular weight is 339 g/mol. The predicted octanol–water partition coefficient (Wildman–Crippen LogP) is 2.42. The van der Waals surface area contributed by atoms with Crippen molar-refractivity contribution >= 4 is 35.5 Å². The monoisotopic (exact) mass is 339 g/mol. The molecule has 0 radical (unpaired) electrons. The highest BCUT2D eigenvalue weighted by atomic mass is 19.1. The Morgan fingerprint density at radius 3 is 2.92 bits per heavy atom. The number of halogens is 1. The van der Waals surface area contributed by atoms with E-state index in [1.54, 1.807) is 6.07 Å². The molecule has 0 bridgehead atoms. The zero-order chi connectivity index (χ0) is 17.4. The summed E-state index contributed by atoms with van der Waals surface area (Å²) in [5.41, 5.74) is 1.42. The number of carbonyl (C=O) groups is 1. The highest BCUT2D eigenvalue weighted by Crippen LogP contribution is 2.29. The number of carbonyl (C=O) groups excluding carboxylic acids is 1. The van der Waals surface area contributed by atoms with E-state index in [0.717, 1.165) is 24.7 Å². The van der Waals surface area contributed by atoms with E-state index < -0.39 is 11.7 Å². The second-order valence-corrected chi connectivity index (χ2v) is 5.68. The zero-order valence-corrected chi connectivity index (χ0v) is 13.1. The highest BCUT2D eigenvalue weighted by molar-refractivity contribution is 6.03. The van der Waals surface area contributed by atoms with Crippen molar-refractivity contribution in [1.29, 1.82) is 0 Å². The van der Waals surface area contributed by atoms with Gasteiger partial charge in [0.1, 0.15) is 0 Å². The summed E-state index contributed by atoms with van der Waals surface area (Å²) in [6.07, 6.45) is 5.98. The number of rotatable bonds is 5. The normalized spacial score (nSPS) is 13.6. The lowest BCUT2D eigenvalue weighted by Crippen LogP contribution is -2.16. The van der Waals surface area contributed by atoms with E-state index in [-0.39, 0.29) is 11.4 Å². The Morgan fingerprint density at radius 2 is 2.20 bits per heavy atom. The van der Waals surface area contributed by atoms with Crippen LogP contribution in [0.25, 0.3) is 5.65 Å². The predicted molar refractivity (Wildman–Crippen MR) is 91.0 cm³/mol. The van der Waals surface area contributed by atoms with Crippen molar-refractivity contribution in [2.45, 2.75) is 18.9 Å². The zero-order valence-electron chi connectivity index (χ0n) is 13.1. The van der Waals surface area contributed by atoms with Gasteiger partial charge in [0.05, 0.1) is 23.8 Å². The van der Waals surface area contributed by atoms with Crippen molar-refractivity contribution in [2.24, 2.45) is 4.99 Å². The summed E-state index contributed by atoms with van der Waals surface area (Å²) in [4.78, 5) is 24.3. The summed E-state index contributed by atoms with van der Waals surface area (Å²) >= 11 is 0. The van der Waals surface area contributed by atoms with Crippen LogP contribution < -0.4 is 10.6 Å². The van der Waals surface area contributed by atoms with E-state index >= 15 is 0 Å². The molecule has 3 aromatic rings. The third kappa shape index (κ3) is 2.91. The maximum Gasteiger partial charge on any atom is 0.276 e. The number of fused-ring (bicyclic) bond motifs is 1. The van der Waals surface area contributed by atoms with Crippen molar-refractivity contribution < 1.29 is 9.18 Å². The topological polar surface area (TPSA) is 96.6 Å². The molecule has 0 saturated heterocycles. The molecule has 1 amide bonds. The van der Waals surface area contributed by atoms with Gasteiger partial charge in [-0.05, 0) is 25.6 Å². The molecular weight excluding hydrogens is 325 g/mol. The molecule has 0 aromatic carbocycles. The summed E-state index contributed by atoms with van der Waals surface area (Å²) in [7, 11) is 0. The number of pyridine rings is 1. The molecule has 4 rings (SSSR count). The number of anilines is 2. The Hall–Kier alpha value is -3.36. The number of hydrogen-bond donors (Lipinski definition) is 2. The summed E-state index contributed by atoms with van der Waals surface area (Å²) in [6.45, 7) is 3.48. The van der Waals surface area contributed by atoms with Crippen LogP contribution in [-0.4, -0.2) is 38.2 Å². The fraction of sp³-hybridized carbons (Fsp3) is 0.188. The van der Waals surface area contributed by atoms with Crippen LogP contribution >= 0.6 is 0 Å². The second-order valence-electron chi connectivity index (χ2n) is 5.68. The summed E-state index contributed by atoms with van der Waals surface area (Å²) in [5, 5.41) is 10.1. The molecule has 0 atom stereocenters. The Morgan fingerprint density at radius 1 is 1.36 bits per heavy atom. The van der Waals surface area contributed by atoms with Crippen molar-refractivity contribution in [3.63, 3.8) is 0 Å². The van der Waals surface area contributed by atoms with Gasteiger partial charge in [-0.15, -0.1) is 5.10 Å². The lowest BCUT2D eigenvalue weighted by Gasteiger charge is -2.09. The molecule has 126 valence electrons. The van der Waals surface area contributed by atoms with Gasteiger partial charge in [-0.25, -0.2) is 18.9 Å². The van der Waals surface area contributed by atoms with Gasteiger partial charge in [-0.1, -0.05) is 0 Å². The number of imidazole rings is 1. The SMILES string of the molecule is C=Nc1cc(NC2CC2)c2ncc(C(=O)Nc3ccncc3F)n2n1. The van der Waals surface area contributed by atoms with Crippen LogP contribution in [0.3, 0.4) is 0 Å². The van der Waals surface area contributed by atoms with Crippen LogP contribution in [0, 0.1) is 5.82 Å². The third-order valence-electron chi connectivity index (χ3n) is 3.81. The molecule has 0 unspecified atom stereocenters. The first kappa shape index (κ1) is 15.2. The number of nitrogens with one attached hydrogen (secondary N) is 2. The number of nitrogens with zero attached hydrogens (tertiary/aromatic N) is 5.